The third-order valence-corrected chi connectivity index (χ3v) is 3.12. The van der Waals surface area contributed by atoms with Crippen molar-refractivity contribution in [3.8, 4) is 5.75 Å². The fourth-order valence-corrected chi connectivity index (χ4v) is 2.00. The molecule has 0 aliphatic carbocycles. The number of halogens is 2. The lowest BCUT2D eigenvalue weighted by Crippen LogP contribution is -2.27. The molecule has 1 unspecified atom stereocenters. The van der Waals surface area contributed by atoms with E-state index in [1.807, 2.05) is 19.1 Å². The molecule has 0 spiro atoms. The first-order valence-corrected chi connectivity index (χ1v) is 6.50. The molecule has 0 saturated heterocycles. The van der Waals surface area contributed by atoms with Crippen LogP contribution in [0.4, 0.5) is 8.78 Å². The van der Waals surface area contributed by atoms with E-state index < -0.39 is 11.6 Å². The van der Waals surface area contributed by atoms with Gasteiger partial charge in [0.15, 0.2) is 11.6 Å². The molecule has 20 heavy (non-hydrogen) atoms. The van der Waals surface area contributed by atoms with Crippen LogP contribution in [0.2, 0.25) is 0 Å². The summed E-state index contributed by atoms with van der Waals surface area (Å²) < 4.78 is 25.9. The minimum absolute atomic E-state index is 0.188. The average molecular weight is 277 g/mol. The first-order valence-electron chi connectivity index (χ1n) is 6.50. The van der Waals surface area contributed by atoms with Gasteiger partial charge < -0.3 is 10.4 Å². The SMILES string of the molecule is CC(Cc1ccc(O)cc1)NCc1ccc(F)c(F)c1. The van der Waals surface area contributed by atoms with Crippen LogP contribution in [-0.4, -0.2) is 11.1 Å². The second-order valence-corrected chi connectivity index (χ2v) is 4.90. The van der Waals surface area contributed by atoms with Gasteiger partial charge in [0.2, 0.25) is 0 Å². The molecule has 0 saturated carbocycles. The van der Waals surface area contributed by atoms with E-state index in [-0.39, 0.29) is 11.8 Å². The Morgan fingerprint density at radius 3 is 2.30 bits per heavy atom. The molecule has 4 heteroatoms. The van der Waals surface area contributed by atoms with Crippen molar-refractivity contribution in [2.75, 3.05) is 0 Å². The maximum atomic E-state index is 13.1. The third-order valence-electron chi connectivity index (χ3n) is 3.12. The number of benzene rings is 2. The Balaban J connectivity index is 1.86. The molecule has 2 rings (SSSR count). The summed E-state index contributed by atoms with van der Waals surface area (Å²) >= 11 is 0. The zero-order valence-corrected chi connectivity index (χ0v) is 11.2. The highest BCUT2D eigenvalue weighted by atomic mass is 19.2. The monoisotopic (exact) mass is 277 g/mol. The van der Waals surface area contributed by atoms with Gasteiger partial charge in [-0.15, -0.1) is 0 Å². The fraction of sp³-hybridized carbons (Fsp3) is 0.250. The summed E-state index contributed by atoms with van der Waals surface area (Å²) in [5.74, 6) is -1.41. The minimum atomic E-state index is -0.828. The van der Waals surface area contributed by atoms with Crippen LogP contribution in [0.15, 0.2) is 42.5 Å². The Bertz CT molecular complexity index is 569. The Morgan fingerprint density at radius 1 is 1.00 bits per heavy atom. The largest absolute Gasteiger partial charge is 0.508 e. The van der Waals surface area contributed by atoms with Crippen LogP contribution in [0.1, 0.15) is 18.1 Å². The summed E-state index contributed by atoms with van der Waals surface area (Å²) in [6.07, 6.45) is 0.796. The molecule has 0 aliphatic heterocycles. The van der Waals surface area contributed by atoms with Crippen LogP contribution in [0.3, 0.4) is 0 Å². The first kappa shape index (κ1) is 14.5. The number of nitrogens with one attached hydrogen (secondary N) is 1. The van der Waals surface area contributed by atoms with E-state index in [2.05, 4.69) is 5.32 Å². The standard InChI is InChI=1S/C16H17F2NO/c1-11(8-12-2-5-14(20)6-3-12)19-10-13-4-7-15(17)16(18)9-13/h2-7,9,11,19-20H,8,10H2,1H3. The Hall–Kier alpha value is -1.94. The van der Waals surface area contributed by atoms with Crippen molar-refractivity contribution in [3.05, 3.63) is 65.2 Å². The molecule has 0 bridgehead atoms. The molecule has 2 aromatic rings. The predicted octanol–water partition coefficient (Wildman–Crippen LogP) is 3.39. The van der Waals surface area contributed by atoms with Gasteiger partial charge in [0.1, 0.15) is 5.75 Å². The molecular formula is C16H17F2NO. The van der Waals surface area contributed by atoms with Crippen molar-refractivity contribution < 1.29 is 13.9 Å². The highest BCUT2D eigenvalue weighted by molar-refractivity contribution is 5.26. The Labute approximate surface area is 117 Å². The number of phenols is 1. The number of hydrogen-bond acceptors (Lipinski definition) is 2. The highest BCUT2D eigenvalue weighted by Gasteiger charge is 2.06. The second kappa shape index (κ2) is 6.48. The molecule has 0 aliphatic rings. The van der Waals surface area contributed by atoms with Gasteiger partial charge in [0.25, 0.3) is 0 Å². The van der Waals surface area contributed by atoms with Crippen molar-refractivity contribution in [3.63, 3.8) is 0 Å². The van der Waals surface area contributed by atoms with Crippen LogP contribution in [0.5, 0.6) is 5.75 Å². The van der Waals surface area contributed by atoms with Crippen LogP contribution >= 0.6 is 0 Å². The lowest BCUT2D eigenvalue weighted by molar-refractivity contribution is 0.474. The van der Waals surface area contributed by atoms with Gasteiger partial charge >= 0.3 is 0 Å². The van der Waals surface area contributed by atoms with E-state index >= 15 is 0 Å². The molecular weight excluding hydrogens is 260 g/mol. The van der Waals surface area contributed by atoms with Crippen LogP contribution in [0, 0.1) is 11.6 Å². The number of aromatic hydroxyl groups is 1. The van der Waals surface area contributed by atoms with E-state index in [0.717, 1.165) is 18.1 Å². The van der Waals surface area contributed by atoms with Gasteiger partial charge in [0, 0.05) is 12.6 Å². The van der Waals surface area contributed by atoms with E-state index in [9.17, 15) is 13.9 Å². The lowest BCUT2D eigenvalue weighted by atomic mass is 10.1. The van der Waals surface area contributed by atoms with Crippen molar-refractivity contribution >= 4 is 0 Å². The normalized spacial score (nSPS) is 12.3. The highest BCUT2D eigenvalue weighted by Crippen LogP contribution is 2.12. The first-order chi connectivity index (χ1) is 9.54. The maximum Gasteiger partial charge on any atom is 0.159 e. The van der Waals surface area contributed by atoms with Crippen LogP contribution in [0.25, 0.3) is 0 Å². The van der Waals surface area contributed by atoms with Gasteiger partial charge in [-0.05, 0) is 48.7 Å². The van der Waals surface area contributed by atoms with E-state index in [0.29, 0.717) is 12.1 Å². The molecule has 2 nitrogen and oxygen atoms in total. The molecule has 0 radical (unpaired) electrons. The van der Waals surface area contributed by atoms with E-state index in [4.69, 9.17) is 0 Å². The van der Waals surface area contributed by atoms with Crippen molar-refractivity contribution in [2.24, 2.45) is 0 Å². The molecule has 0 heterocycles. The molecule has 0 fully saturated rings. The summed E-state index contributed by atoms with van der Waals surface area (Å²) in [5, 5.41) is 12.5. The summed E-state index contributed by atoms with van der Waals surface area (Å²) in [6.45, 7) is 2.50. The van der Waals surface area contributed by atoms with Gasteiger partial charge in [0.05, 0.1) is 0 Å². The fourth-order valence-electron chi connectivity index (χ4n) is 2.00. The molecule has 0 amide bonds. The van der Waals surface area contributed by atoms with Gasteiger partial charge in [-0.3, -0.25) is 0 Å². The molecule has 2 N–H and O–H groups in total. The molecule has 0 aromatic heterocycles. The van der Waals surface area contributed by atoms with Crippen LogP contribution in [-0.2, 0) is 13.0 Å². The topological polar surface area (TPSA) is 32.3 Å². The van der Waals surface area contributed by atoms with Crippen molar-refractivity contribution in [2.45, 2.75) is 25.9 Å². The Morgan fingerprint density at radius 2 is 1.65 bits per heavy atom. The Kier molecular flexibility index (Phi) is 4.69. The van der Waals surface area contributed by atoms with Crippen LogP contribution < -0.4 is 5.32 Å². The number of rotatable bonds is 5. The van der Waals surface area contributed by atoms with Crippen molar-refractivity contribution in [1.82, 2.24) is 5.32 Å². The number of phenolic OH excluding ortho intramolecular Hbond substituents is 1. The number of hydrogen-bond donors (Lipinski definition) is 2. The average Bonchev–Trinajstić information content (AvgIpc) is 2.43. The van der Waals surface area contributed by atoms with Gasteiger partial charge in [-0.1, -0.05) is 18.2 Å². The van der Waals surface area contributed by atoms with Gasteiger partial charge in [-0.2, -0.15) is 0 Å². The minimum Gasteiger partial charge on any atom is -0.508 e. The zero-order chi connectivity index (χ0) is 14.5. The smallest absolute Gasteiger partial charge is 0.159 e. The molecule has 106 valence electrons. The molecule has 2 aromatic carbocycles. The molecule has 1 atom stereocenters. The predicted molar refractivity (Wildman–Crippen MR) is 74.5 cm³/mol. The summed E-state index contributed by atoms with van der Waals surface area (Å²) in [4.78, 5) is 0. The maximum absolute atomic E-state index is 13.1. The summed E-state index contributed by atoms with van der Waals surface area (Å²) in [5.41, 5.74) is 1.81. The lowest BCUT2D eigenvalue weighted by Gasteiger charge is -2.14. The zero-order valence-electron chi connectivity index (χ0n) is 11.2. The summed E-state index contributed by atoms with van der Waals surface area (Å²) in [7, 11) is 0. The third kappa shape index (κ3) is 4.03. The van der Waals surface area contributed by atoms with Crippen molar-refractivity contribution in [1.29, 1.82) is 0 Å². The quantitative estimate of drug-likeness (QED) is 0.878. The van der Waals surface area contributed by atoms with E-state index in [1.165, 1.54) is 6.07 Å². The second-order valence-electron chi connectivity index (χ2n) is 4.90. The van der Waals surface area contributed by atoms with Gasteiger partial charge in [-0.25, -0.2) is 8.78 Å². The summed E-state index contributed by atoms with van der Waals surface area (Å²) in [6, 6.07) is 11.1. The van der Waals surface area contributed by atoms with E-state index in [1.54, 1.807) is 18.2 Å².